The first kappa shape index (κ1) is 24.6. The minimum Gasteiger partial charge on any atom is -0.326 e. The number of nitroso groups, excluding NO2 is 1. The highest BCUT2D eigenvalue weighted by molar-refractivity contribution is 5.83. The Morgan fingerprint density at radius 3 is 2.49 bits per heavy atom. The van der Waals surface area contributed by atoms with Gasteiger partial charge in [0.25, 0.3) is 0 Å². The fourth-order valence-electron chi connectivity index (χ4n) is 4.63. The SMILES string of the molecule is Cc1nc2c(F)cc(-c3nc(Nc4ccc(CN5CCN(N=O)CC5)cn4)ncc3F)cc2n1C(C)C. The second kappa shape index (κ2) is 10.1. The molecule has 10 nitrogen and oxygen atoms in total. The van der Waals surface area contributed by atoms with Crippen molar-refractivity contribution in [1.82, 2.24) is 34.4 Å². The molecule has 37 heavy (non-hydrogen) atoms. The third-order valence-electron chi connectivity index (χ3n) is 6.39. The minimum absolute atomic E-state index is 0.0203. The molecular weight excluding hydrogens is 480 g/mol. The van der Waals surface area contributed by atoms with E-state index in [-0.39, 0.29) is 23.2 Å². The molecule has 0 atom stereocenters. The summed E-state index contributed by atoms with van der Waals surface area (Å²) >= 11 is 0. The van der Waals surface area contributed by atoms with Crippen LogP contribution in [-0.4, -0.2) is 60.6 Å². The highest BCUT2D eigenvalue weighted by atomic mass is 19.1. The third-order valence-corrected chi connectivity index (χ3v) is 6.39. The van der Waals surface area contributed by atoms with Crippen molar-refractivity contribution in [3.05, 3.63) is 64.6 Å². The quantitative estimate of drug-likeness (QED) is 0.362. The van der Waals surface area contributed by atoms with Gasteiger partial charge < -0.3 is 9.88 Å². The van der Waals surface area contributed by atoms with E-state index in [0.717, 1.165) is 24.8 Å². The van der Waals surface area contributed by atoms with Gasteiger partial charge in [-0.2, -0.15) is 0 Å². The van der Waals surface area contributed by atoms with E-state index in [0.29, 0.717) is 42.4 Å². The van der Waals surface area contributed by atoms with Crippen LogP contribution in [0.2, 0.25) is 0 Å². The molecule has 4 heterocycles. The molecule has 1 aliphatic heterocycles. The number of rotatable bonds is 7. The zero-order chi connectivity index (χ0) is 26.1. The molecule has 192 valence electrons. The molecule has 0 unspecified atom stereocenters. The Morgan fingerprint density at radius 1 is 1.03 bits per heavy atom. The van der Waals surface area contributed by atoms with Gasteiger partial charge in [0.15, 0.2) is 11.6 Å². The van der Waals surface area contributed by atoms with Crippen LogP contribution in [0.3, 0.4) is 0 Å². The number of hydrogen-bond donors (Lipinski definition) is 1. The van der Waals surface area contributed by atoms with Crippen molar-refractivity contribution in [2.75, 3.05) is 31.5 Å². The zero-order valence-electron chi connectivity index (χ0n) is 20.8. The van der Waals surface area contributed by atoms with Gasteiger partial charge in [0.05, 0.1) is 30.1 Å². The molecule has 0 aliphatic carbocycles. The van der Waals surface area contributed by atoms with Gasteiger partial charge in [-0.15, -0.1) is 4.91 Å². The summed E-state index contributed by atoms with van der Waals surface area (Å²) in [6.45, 7) is 9.20. The molecular formula is C25H27F2N9O. The molecule has 0 amide bonds. The van der Waals surface area contributed by atoms with Crippen molar-refractivity contribution in [3.63, 3.8) is 0 Å². The first-order valence-electron chi connectivity index (χ1n) is 12.1. The molecule has 3 aromatic heterocycles. The van der Waals surface area contributed by atoms with E-state index in [1.54, 1.807) is 18.3 Å². The van der Waals surface area contributed by atoms with Crippen LogP contribution in [0.1, 0.15) is 31.3 Å². The van der Waals surface area contributed by atoms with Gasteiger partial charge >= 0.3 is 0 Å². The number of anilines is 2. The molecule has 1 fully saturated rings. The lowest BCUT2D eigenvalue weighted by Gasteiger charge is -2.31. The van der Waals surface area contributed by atoms with Crippen LogP contribution < -0.4 is 5.32 Å². The fourth-order valence-corrected chi connectivity index (χ4v) is 4.63. The molecule has 0 spiro atoms. The molecule has 1 N–H and O–H groups in total. The summed E-state index contributed by atoms with van der Waals surface area (Å²) in [5, 5.41) is 7.49. The predicted molar refractivity (Wildman–Crippen MR) is 136 cm³/mol. The summed E-state index contributed by atoms with van der Waals surface area (Å²) in [7, 11) is 0. The van der Waals surface area contributed by atoms with Crippen molar-refractivity contribution < 1.29 is 8.78 Å². The lowest BCUT2D eigenvalue weighted by Crippen LogP contribution is -2.43. The second-order valence-corrected chi connectivity index (χ2v) is 9.33. The number of benzene rings is 1. The number of piperazine rings is 1. The van der Waals surface area contributed by atoms with Crippen molar-refractivity contribution in [2.45, 2.75) is 33.4 Å². The van der Waals surface area contributed by atoms with Crippen LogP contribution in [0.5, 0.6) is 0 Å². The van der Waals surface area contributed by atoms with Crippen molar-refractivity contribution in [3.8, 4) is 11.3 Å². The number of aromatic nitrogens is 5. The Hall–Kier alpha value is -4.06. The monoisotopic (exact) mass is 507 g/mol. The Kier molecular flexibility index (Phi) is 6.74. The lowest BCUT2D eigenvalue weighted by atomic mass is 10.1. The van der Waals surface area contributed by atoms with E-state index >= 15 is 0 Å². The highest BCUT2D eigenvalue weighted by Gasteiger charge is 2.19. The van der Waals surface area contributed by atoms with Gasteiger partial charge in [0.2, 0.25) is 5.95 Å². The van der Waals surface area contributed by atoms with Gasteiger partial charge in [-0.1, -0.05) is 6.07 Å². The average Bonchev–Trinajstić information content (AvgIpc) is 3.23. The van der Waals surface area contributed by atoms with Gasteiger partial charge in [0.1, 0.15) is 22.9 Å². The predicted octanol–water partition coefficient (Wildman–Crippen LogP) is 4.60. The molecule has 0 radical (unpaired) electrons. The summed E-state index contributed by atoms with van der Waals surface area (Å²) in [6.07, 6.45) is 2.80. The smallest absolute Gasteiger partial charge is 0.229 e. The number of fused-ring (bicyclic) bond motifs is 1. The lowest BCUT2D eigenvalue weighted by molar-refractivity contribution is 0.129. The summed E-state index contributed by atoms with van der Waals surface area (Å²) in [5.74, 6) is 0.115. The van der Waals surface area contributed by atoms with E-state index in [9.17, 15) is 13.7 Å². The first-order valence-corrected chi connectivity index (χ1v) is 12.1. The number of nitrogens with zero attached hydrogens (tertiary/aromatic N) is 8. The zero-order valence-corrected chi connectivity index (χ0v) is 20.8. The Balaban J connectivity index is 1.35. The molecule has 12 heteroatoms. The molecule has 0 bridgehead atoms. The first-order chi connectivity index (χ1) is 17.8. The Labute approximate surface area is 212 Å². The van der Waals surface area contributed by atoms with E-state index in [1.807, 2.05) is 31.4 Å². The van der Waals surface area contributed by atoms with Gasteiger partial charge in [-0.25, -0.2) is 28.7 Å². The third kappa shape index (κ3) is 5.10. The van der Waals surface area contributed by atoms with E-state index in [2.05, 4.69) is 35.4 Å². The number of imidazole rings is 1. The normalized spacial score (nSPS) is 14.5. The molecule has 4 aromatic rings. The Bertz CT molecular complexity index is 1430. The number of halogens is 2. The summed E-state index contributed by atoms with van der Waals surface area (Å²) in [4.78, 5) is 30.0. The van der Waals surface area contributed by atoms with E-state index in [4.69, 9.17) is 0 Å². The Morgan fingerprint density at radius 2 is 1.81 bits per heavy atom. The number of hydrogen-bond acceptors (Lipinski definition) is 8. The van der Waals surface area contributed by atoms with Crippen LogP contribution >= 0.6 is 0 Å². The summed E-state index contributed by atoms with van der Waals surface area (Å²) in [6, 6.07) is 6.72. The fraction of sp³-hybridized carbons (Fsp3) is 0.360. The highest BCUT2D eigenvalue weighted by Crippen LogP contribution is 2.30. The molecule has 1 aromatic carbocycles. The van der Waals surface area contributed by atoms with Crippen LogP contribution in [0.25, 0.3) is 22.3 Å². The van der Waals surface area contributed by atoms with Crippen molar-refractivity contribution in [2.24, 2.45) is 5.29 Å². The topological polar surface area (TPSA) is 104 Å². The van der Waals surface area contributed by atoms with Crippen molar-refractivity contribution in [1.29, 1.82) is 0 Å². The largest absolute Gasteiger partial charge is 0.326 e. The van der Waals surface area contributed by atoms with Crippen molar-refractivity contribution >= 4 is 22.8 Å². The van der Waals surface area contributed by atoms with E-state index in [1.165, 1.54) is 11.1 Å². The molecule has 0 saturated carbocycles. The molecule has 1 saturated heterocycles. The number of aryl methyl sites for hydroxylation is 1. The standard InChI is InChI=1S/C25H27F2N9O/c1-15(2)36-16(3)30-24-19(26)10-18(11-21(24)36)23-20(27)13-29-25(32-23)31-22-5-4-17(12-28-22)14-34-6-8-35(33-37)9-7-34/h4-5,10-13,15H,6-9,14H2,1-3H3,(H,28,29,31,32). The average molecular weight is 508 g/mol. The minimum atomic E-state index is -0.662. The van der Waals surface area contributed by atoms with E-state index < -0.39 is 11.6 Å². The summed E-state index contributed by atoms with van der Waals surface area (Å²) in [5.41, 5.74) is 2.11. The maximum Gasteiger partial charge on any atom is 0.229 e. The molecule has 1 aliphatic rings. The second-order valence-electron chi connectivity index (χ2n) is 9.33. The molecule has 5 rings (SSSR count). The summed E-state index contributed by atoms with van der Waals surface area (Å²) < 4.78 is 31.6. The van der Waals surface area contributed by atoms with Gasteiger partial charge in [-0.05, 0) is 44.5 Å². The van der Waals surface area contributed by atoms with Crippen LogP contribution in [0.4, 0.5) is 20.5 Å². The van der Waals surface area contributed by atoms with Gasteiger partial charge in [-0.3, -0.25) is 9.91 Å². The number of nitrogens with one attached hydrogen (secondary N) is 1. The number of pyridine rings is 1. The van der Waals surface area contributed by atoms with Crippen LogP contribution in [-0.2, 0) is 6.54 Å². The van der Waals surface area contributed by atoms with Gasteiger partial charge in [0, 0.05) is 37.4 Å². The maximum atomic E-state index is 14.9. The van der Waals surface area contributed by atoms with Crippen LogP contribution in [0, 0.1) is 23.5 Å². The maximum absolute atomic E-state index is 14.9. The van der Waals surface area contributed by atoms with Crippen LogP contribution in [0.15, 0.2) is 41.9 Å².